The van der Waals surface area contributed by atoms with Crippen molar-refractivity contribution in [3.8, 4) is 0 Å². The van der Waals surface area contributed by atoms with Crippen LogP contribution in [0.2, 0.25) is 13.3 Å². The molecule has 0 spiro atoms. The fourth-order valence-corrected chi connectivity index (χ4v) is 5.03. The van der Waals surface area contributed by atoms with Gasteiger partial charge in [0.15, 0.2) is 0 Å². The molecule has 4 nitrogen and oxygen atoms in total. The molecule has 0 amide bonds. The molecule has 0 saturated heterocycles. The van der Waals surface area contributed by atoms with Crippen molar-refractivity contribution in [1.29, 1.82) is 0 Å². The van der Waals surface area contributed by atoms with E-state index in [0.29, 0.717) is 0 Å². The van der Waals surface area contributed by atoms with Crippen molar-refractivity contribution in [2.24, 2.45) is 0 Å². The van der Waals surface area contributed by atoms with Crippen LogP contribution in [0.1, 0.15) is 20.8 Å². The fourth-order valence-electron chi connectivity index (χ4n) is 0.750. The number of hydrogen-bond acceptors (Lipinski definition) is 3. The molecule has 1 N–H and O–H groups in total. The van der Waals surface area contributed by atoms with Gasteiger partial charge in [-0.25, -0.2) is 8.42 Å². The third-order valence-electron chi connectivity index (χ3n) is 1.50. The normalized spacial score (nSPS) is 10.1. The molecule has 0 aliphatic rings. The summed E-state index contributed by atoms with van der Waals surface area (Å²) in [6, 6.07) is 0. The second-order valence-corrected chi connectivity index (χ2v) is 13.4. The summed E-state index contributed by atoms with van der Waals surface area (Å²) < 4.78 is 37.5. The van der Waals surface area contributed by atoms with E-state index in [-0.39, 0.29) is 0 Å². The summed E-state index contributed by atoms with van der Waals surface area (Å²) in [7, 11) is -4.92. The first-order valence-corrected chi connectivity index (χ1v) is 11.3. The standard InChI is InChI=1S/3C2H5.H2O4S.Sn/c3*1-2;1-5(2,3)4;/h3*1H2,2H3;(H2,1,2,3,4);/q;;;;+1/p-1. The molecular weight excluding hydrogens is 287 g/mol. The molecular formula is C6H16O4SSn. The van der Waals surface area contributed by atoms with Gasteiger partial charge in [-0.3, -0.25) is 4.55 Å². The van der Waals surface area contributed by atoms with Crippen LogP contribution in [0.4, 0.5) is 0 Å². The Morgan fingerprint density at radius 3 is 1.33 bits per heavy atom. The molecule has 0 heterocycles. The number of hydrogen-bond donors (Lipinski definition) is 1. The van der Waals surface area contributed by atoms with E-state index in [2.05, 4.69) is 20.8 Å². The van der Waals surface area contributed by atoms with Crippen molar-refractivity contribution in [3.63, 3.8) is 0 Å². The topological polar surface area (TPSA) is 77.4 Å². The second kappa shape index (κ2) is 8.28. The first-order chi connectivity index (χ1) is 5.35. The SMILES string of the molecule is C[CH2][Sn+]([CH2]C)[CH2]C.O=S(=O)([O-])O. The van der Waals surface area contributed by atoms with E-state index < -0.39 is 30.2 Å². The second-order valence-electron chi connectivity index (χ2n) is 2.24. The molecule has 0 aromatic rings. The molecule has 0 aliphatic heterocycles. The molecule has 0 aromatic carbocycles. The van der Waals surface area contributed by atoms with Gasteiger partial charge in [-0.2, -0.15) is 0 Å². The first-order valence-electron chi connectivity index (χ1n) is 3.86. The molecule has 0 aliphatic carbocycles. The Kier molecular flexibility index (Phi) is 10.5. The zero-order chi connectivity index (χ0) is 10.2. The van der Waals surface area contributed by atoms with Crippen molar-refractivity contribution in [3.05, 3.63) is 0 Å². The maximum absolute atomic E-state index is 8.63. The average Bonchev–Trinajstić information content (AvgIpc) is 1.88. The van der Waals surface area contributed by atoms with Gasteiger partial charge in [-0.15, -0.1) is 0 Å². The Labute approximate surface area is 81.7 Å². The summed E-state index contributed by atoms with van der Waals surface area (Å²) >= 11 is -0.653. The summed E-state index contributed by atoms with van der Waals surface area (Å²) in [6.45, 7) is 7.05. The van der Waals surface area contributed by atoms with Crippen LogP contribution in [0, 0.1) is 0 Å². The van der Waals surface area contributed by atoms with E-state index >= 15 is 0 Å². The Hall–Kier alpha value is 0.669. The minimum atomic E-state index is -4.92. The Morgan fingerprint density at radius 1 is 1.17 bits per heavy atom. The van der Waals surface area contributed by atoms with E-state index in [1.165, 1.54) is 0 Å². The Balaban J connectivity index is 0. The molecule has 0 aromatic heterocycles. The van der Waals surface area contributed by atoms with Crippen LogP contribution in [0.5, 0.6) is 0 Å². The van der Waals surface area contributed by atoms with Crippen molar-refractivity contribution in [2.75, 3.05) is 0 Å². The van der Waals surface area contributed by atoms with Gasteiger partial charge in [-0.05, 0) is 0 Å². The monoisotopic (exact) mass is 304 g/mol. The predicted molar refractivity (Wildman–Crippen MR) is 49.5 cm³/mol. The van der Waals surface area contributed by atoms with Crippen molar-refractivity contribution in [1.82, 2.24) is 0 Å². The molecule has 0 radical (unpaired) electrons. The molecule has 0 bridgehead atoms. The van der Waals surface area contributed by atoms with Crippen molar-refractivity contribution >= 4 is 30.2 Å². The molecule has 0 saturated carbocycles. The molecule has 0 rings (SSSR count). The minimum Gasteiger partial charge on any atom is -0.726 e. The molecule has 0 fully saturated rings. The van der Waals surface area contributed by atoms with E-state index in [0.717, 1.165) is 0 Å². The summed E-state index contributed by atoms with van der Waals surface area (Å²) in [4.78, 5) is 0. The van der Waals surface area contributed by atoms with Gasteiger partial charge < -0.3 is 4.55 Å². The van der Waals surface area contributed by atoms with E-state index in [9.17, 15) is 0 Å². The predicted octanol–water partition coefficient (Wildman–Crippen LogP) is 1.55. The Morgan fingerprint density at radius 2 is 1.33 bits per heavy atom. The van der Waals surface area contributed by atoms with Crippen molar-refractivity contribution in [2.45, 2.75) is 34.1 Å². The quantitative estimate of drug-likeness (QED) is 0.487. The fraction of sp³-hybridized carbons (Fsp3) is 1.00. The maximum atomic E-state index is 8.63. The van der Waals surface area contributed by atoms with Crippen molar-refractivity contribution < 1.29 is 17.5 Å². The Bertz CT molecular complexity index is 160. The first kappa shape index (κ1) is 15.2. The summed E-state index contributed by atoms with van der Waals surface area (Å²) in [5.74, 6) is 0. The van der Waals surface area contributed by atoms with Crippen LogP contribution in [-0.4, -0.2) is 37.3 Å². The number of rotatable bonds is 3. The maximum Gasteiger partial charge on any atom is 0.215 e. The van der Waals surface area contributed by atoms with Crippen LogP contribution >= 0.6 is 0 Å². The van der Waals surface area contributed by atoms with Gasteiger partial charge in [0.25, 0.3) is 0 Å². The van der Waals surface area contributed by atoms with E-state index in [1.807, 2.05) is 0 Å². The smallest absolute Gasteiger partial charge is 0.215 e. The zero-order valence-electron chi connectivity index (χ0n) is 7.70. The summed E-state index contributed by atoms with van der Waals surface area (Å²) in [5, 5.41) is 0. The molecule has 74 valence electrons. The summed E-state index contributed by atoms with van der Waals surface area (Å²) in [5.41, 5.74) is 0. The van der Waals surface area contributed by atoms with E-state index in [4.69, 9.17) is 17.5 Å². The van der Waals surface area contributed by atoms with Gasteiger partial charge in [0.05, 0.1) is 0 Å². The molecule has 0 unspecified atom stereocenters. The van der Waals surface area contributed by atoms with Crippen LogP contribution in [0.3, 0.4) is 0 Å². The minimum absolute atomic E-state index is 0.653. The van der Waals surface area contributed by atoms with Gasteiger partial charge >= 0.3 is 53.8 Å². The summed E-state index contributed by atoms with van der Waals surface area (Å²) in [6.07, 6.45) is 0. The molecule has 0 atom stereocenters. The van der Waals surface area contributed by atoms with Crippen LogP contribution in [0.25, 0.3) is 0 Å². The largest absolute Gasteiger partial charge is 0.726 e. The molecule has 6 heteroatoms. The third-order valence-corrected chi connectivity index (χ3v) is 10.1. The van der Waals surface area contributed by atoms with E-state index in [1.54, 1.807) is 13.3 Å². The third kappa shape index (κ3) is 22.4. The van der Waals surface area contributed by atoms with Gasteiger partial charge in [-0.1, -0.05) is 0 Å². The van der Waals surface area contributed by atoms with Crippen LogP contribution < -0.4 is 0 Å². The zero-order valence-corrected chi connectivity index (χ0v) is 11.4. The van der Waals surface area contributed by atoms with Crippen LogP contribution in [-0.2, 0) is 10.4 Å². The molecule has 12 heavy (non-hydrogen) atoms. The van der Waals surface area contributed by atoms with Gasteiger partial charge in [0.2, 0.25) is 10.4 Å². The van der Waals surface area contributed by atoms with Gasteiger partial charge in [0, 0.05) is 0 Å². The van der Waals surface area contributed by atoms with Crippen LogP contribution in [0.15, 0.2) is 0 Å². The average molecular weight is 303 g/mol. The van der Waals surface area contributed by atoms with Gasteiger partial charge in [0.1, 0.15) is 0 Å².